The maximum atomic E-state index is 12.7. The summed E-state index contributed by atoms with van der Waals surface area (Å²) in [5, 5.41) is 0. The monoisotopic (exact) mass is 390 g/mol. The van der Waals surface area contributed by atoms with Crippen LogP contribution < -0.4 is 9.47 Å². The summed E-state index contributed by atoms with van der Waals surface area (Å²) in [4.78, 5) is 0.199. The molecule has 0 saturated heterocycles. The van der Waals surface area contributed by atoms with E-state index in [4.69, 9.17) is 13.7 Å². The molecule has 0 bridgehead atoms. The first-order chi connectivity index (χ1) is 12.9. The van der Waals surface area contributed by atoms with Crippen LogP contribution in [0.2, 0.25) is 0 Å². The average molecular weight is 391 g/mol. The van der Waals surface area contributed by atoms with Gasteiger partial charge in [-0.05, 0) is 49.6 Å². The smallest absolute Gasteiger partial charge is 0.297 e. The van der Waals surface area contributed by atoms with Gasteiger partial charge in [-0.25, -0.2) is 0 Å². The third-order valence-electron chi connectivity index (χ3n) is 5.10. The summed E-state index contributed by atoms with van der Waals surface area (Å²) in [5.74, 6) is 1.29. The van der Waals surface area contributed by atoms with Gasteiger partial charge in [0, 0.05) is 5.92 Å². The molecule has 0 radical (unpaired) electrons. The second kappa shape index (κ2) is 8.31. The van der Waals surface area contributed by atoms with Gasteiger partial charge in [0.25, 0.3) is 10.1 Å². The highest BCUT2D eigenvalue weighted by Crippen LogP contribution is 2.39. The van der Waals surface area contributed by atoms with Crippen molar-refractivity contribution < 1.29 is 22.1 Å². The van der Waals surface area contributed by atoms with Crippen LogP contribution in [0.25, 0.3) is 0 Å². The quantitative estimate of drug-likeness (QED) is 0.682. The highest BCUT2D eigenvalue weighted by Gasteiger charge is 2.32. The lowest BCUT2D eigenvalue weighted by Crippen LogP contribution is -2.28. The summed E-state index contributed by atoms with van der Waals surface area (Å²) in [6.07, 6.45) is 3.21. The third kappa shape index (κ3) is 4.45. The Balaban J connectivity index is 1.86. The zero-order valence-electron chi connectivity index (χ0n) is 16.0. The summed E-state index contributed by atoms with van der Waals surface area (Å²) >= 11 is 0. The van der Waals surface area contributed by atoms with E-state index < -0.39 is 10.1 Å². The van der Waals surface area contributed by atoms with Gasteiger partial charge in [-0.1, -0.05) is 36.6 Å². The first-order valence-electron chi connectivity index (χ1n) is 9.16. The van der Waals surface area contributed by atoms with Gasteiger partial charge < -0.3 is 9.47 Å². The zero-order valence-corrected chi connectivity index (χ0v) is 16.8. The SMILES string of the molecule is COc1ccc(C2CCCCC2OS(=O)(=O)c2ccc(C)cc2)cc1OC. The number of ether oxygens (including phenoxy) is 2. The van der Waals surface area contributed by atoms with Crippen molar-refractivity contribution in [1.29, 1.82) is 0 Å². The molecule has 2 atom stereocenters. The Labute approximate surface area is 161 Å². The Morgan fingerprint density at radius 2 is 1.56 bits per heavy atom. The van der Waals surface area contributed by atoms with Crippen molar-refractivity contribution in [2.24, 2.45) is 0 Å². The Bertz CT molecular complexity index is 874. The molecule has 0 N–H and O–H groups in total. The predicted molar refractivity (Wildman–Crippen MR) is 104 cm³/mol. The maximum Gasteiger partial charge on any atom is 0.297 e. The number of hydrogen-bond donors (Lipinski definition) is 0. The van der Waals surface area contributed by atoms with E-state index >= 15 is 0 Å². The minimum Gasteiger partial charge on any atom is -0.493 e. The number of rotatable bonds is 6. The molecule has 0 amide bonds. The highest BCUT2D eigenvalue weighted by atomic mass is 32.2. The van der Waals surface area contributed by atoms with E-state index in [1.54, 1.807) is 38.5 Å². The van der Waals surface area contributed by atoms with Crippen molar-refractivity contribution in [1.82, 2.24) is 0 Å². The lowest BCUT2D eigenvalue weighted by molar-refractivity contribution is 0.137. The largest absolute Gasteiger partial charge is 0.493 e. The molecule has 1 aliphatic rings. The molecule has 0 heterocycles. The number of aryl methyl sites for hydroxylation is 1. The van der Waals surface area contributed by atoms with E-state index in [-0.39, 0.29) is 16.9 Å². The lowest BCUT2D eigenvalue weighted by Gasteiger charge is -2.31. The molecule has 1 aliphatic carbocycles. The Morgan fingerprint density at radius 3 is 2.22 bits per heavy atom. The molecule has 0 spiro atoms. The normalized spacial score (nSPS) is 20.3. The maximum absolute atomic E-state index is 12.7. The van der Waals surface area contributed by atoms with E-state index in [1.165, 1.54) is 0 Å². The molecule has 27 heavy (non-hydrogen) atoms. The molecule has 0 aromatic heterocycles. The zero-order chi connectivity index (χ0) is 19.4. The molecule has 2 unspecified atom stereocenters. The van der Waals surface area contributed by atoms with E-state index in [2.05, 4.69) is 0 Å². The molecular formula is C21H26O5S. The number of hydrogen-bond acceptors (Lipinski definition) is 5. The van der Waals surface area contributed by atoms with Crippen LogP contribution in [0.1, 0.15) is 42.7 Å². The van der Waals surface area contributed by atoms with Crippen LogP contribution in [0.4, 0.5) is 0 Å². The minimum atomic E-state index is -3.80. The first-order valence-corrected chi connectivity index (χ1v) is 10.6. The van der Waals surface area contributed by atoms with Crippen molar-refractivity contribution in [3.8, 4) is 11.5 Å². The third-order valence-corrected chi connectivity index (χ3v) is 6.45. The van der Waals surface area contributed by atoms with Crippen LogP contribution in [-0.2, 0) is 14.3 Å². The molecule has 6 heteroatoms. The van der Waals surface area contributed by atoms with Crippen LogP contribution >= 0.6 is 0 Å². The van der Waals surface area contributed by atoms with Crippen molar-refractivity contribution in [3.63, 3.8) is 0 Å². The molecule has 1 fully saturated rings. The van der Waals surface area contributed by atoms with E-state index in [0.717, 1.165) is 30.4 Å². The van der Waals surface area contributed by atoms with Crippen LogP contribution in [0.5, 0.6) is 11.5 Å². The minimum absolute atomic E-state index is 0.00113. The fourth-order valence-corrected chi connectivity index (χ4v) is 4.74. The van der Waals surface area contributed by atoms with Crippen LogP contribution in [0, 0.1) is 6.92 Å². The van der Waals surface area contributed by atoms with Gasteiger partial charge >= 0.3 is 0 Å². The summed E-state index contributed by atoms with van der Waals surface area (Å²) in [7, 11) is -0.611. The lowest BCUT2D eigenvalue weighted by atomic mass is 9.81. The topological polar surface area (TPSA) is 61.8 Å². The van der Waals surface area contributed by atoms with E-state index in [1.807, 2.05) is 25.1 Å². The number of methoxy groups -OCH3 is 2. The summed E-state index contributed by atoms with van der Waals surface area (Å²) < 4.78 is 41.9. The van der Waals surface area contributed by atoms with Crippen LogP contribution in [-0.4, -0.2) is 28.7 Å². The summed E-state index contributed by atoms with van der Waals surface area (Å²) in [5.41, 5.74) is 2.02. The van der Waals surface area contributed by atoms with Gasteiger partial charge in [-0.2, -0.15) is 8.42 Å². The van der Waals surface area contributed by atoms with Gasteiger partial charge in [-0.15, -0.1) is 0 Å². The molecule has 1 saturated carbocycles. The molecule has 0 aliphatic heterocycles. The molecule has 2 aromatic carbocycles. The van der Waals surface area contributed by atoms with Gasteiger partial charge in [0.15, 0.2) is 11.5 Å². The Morgan fingerprint density at radius 1 is 0.889 bits per heavy atom. The van der Waals surface area contributed by atoms with Crippen molar-refractivity contribution in [2.45, 2.75) is 49.5 Å². The second-order valence-corrected chi connectivity index (χ2v) is 8.48. The van der Waals surface area contributed by atoms with Crippen LogP contribution in [0.3, 0.4) is 0 Å². The van der Waals surface area contributed by atoms with Crippen molar-refractivity contribution >= 4 is 10.1 Å². The average Bonchev–Trinajstić information content (AvgIpc) is 2.68. The molecule has 5 nitrogen and oxygen atoms in total. The molecular weight excluding hydrogens is 364 g/mol. The van der Waals surface area contributed by atoms with E-state index in [9.17, 15) is 8.42 Å². The second-order valence-electron chi connectivity index (χ2n) is 6.91. The van der Waals surface area contributed by atoms with Gasteiger partial charge in [0.2, 0.25) is 0 Å². The first kappa shape index (κ1) is 19.7. The fraction of sp³-hybridized carbons (Fsp3) is 0.429. The van der Waals surface area contributed by atoms with Crippen molar-refractivity contribution in [3.05, 3.63) is 53.6 Å². The van der Waals surface area contributed by atoms with Gasteiger partial charge in [0.05, 0.1) is 25.2 Å². The van der Waals surface area contributed by atoms with E-state index in [0.29, 0.717) is 17.9 Å². The van der Waals surface area contributed by atoms with Crippen LogP contribution in [0.15, 0.2) is 47.4 Å². The van der Waals surface area contributed by atoms with Crippen molar-refractivity contribution in [2.75, 3.05) is 14.2 Å². The predicted octanol–water partition coefficient (Wildman–Crippen LogP) is 4.44. The standard InChI is InChI=1S/C21H26O5S/c1-15-8-11-17(12-9-15)27(22,23)26-19-7-5-4-6-18(19)16-10-13-20(24-2)21(14-16)25-3/h8-14,18-19H,4-7H2,1-3H3. The molecule has 3 rings (SSSR count). The Kier molecular flexibility index (Phi) is 6.07. The van der Waals surface area contributed by atoms with Gasteiger partial charge in [0.1, 0.15) is 0 Å². The Hall–Kier alpha value is -2.05. The molecule has 2 aromatic rings. The fourth-order valence-electron chi connectivity index (χ4n) is 3.60. The highest BCUT2D eigenvalue weighted by molar-refractivity contribution is 7.86. The molecule has 146 valence electrons. The van der Waals surface area contributed by atoms with Gasteiger partial charge in [-0.3, -0.25) is 4.18 Å². The summed E-state index contributed by atoms with van der Waals surface area (Å²) in [6, 6.07) is 12.5. The summed E-state index contributed by atoms with van der Waals surface area (Å²) in [6.45, 7) is 1.92. The number of benzene rings is 2.